The van der Waals surface area contributed by atoms with Gasteiger partial charge in [-0.1, -0.05) is 5.16 Å². The zero-order valence-electron chi connectivity index (χ0n) is 14.9. The summed E-state index contributed by atoms with van der Waals surface area (Å²) in [7, 11) is 0. The number of likely N-dealkylation sites (tertiary alicyclic amines) is 1. The van der Waals surface area contributed by atoms with Gasteiger partial charge in [-0.3, -0.25) is 9.48 Å². The molecule has 0 aromatic carbocycles. The molecule has 0 spiro atoms. The van der Waals surface area contributed by atoms with E-state index in [9.17, 15) is 4.79 Å². The van der Waals surface area contributed by atoms with E-state index in [1.54, 1.807) is 4.68 Å². The molecule has 2 aliphatic heterocycles. The number of fused-ring (bicyclic) bond motifs is 1. The van der Waals surface area contributed by atoms with E-state index in [0.29, 0.717) is 43.7 Å². The Morgan fingerprint density at radius 1 is 1.44 bits per heavy atom. The van der Waals surface area contributed by atoms with Crippen LogP contribution in [0.5, 0.6) is 0 Å². The lowest BCUT2D eigenvalue weighted by Crippen LogP contribution is -2.54. The predicted octanol–water partition coefficient (Wildman–Crippen LogP) is 1.48. The van der Waals surface area contributed by atoms with Crippen molar-refractivity contribution in [1.29, 1.82) is 0 Å². The summed E-state index contributed by atoms with van der Waals surface area (Å²) in [5, 5.41) is 8.34. The number of nitrogens with zero attached hydrogens (tertiary/aromatic N) is 5. The smallest absolute Gasteiger partial charge is 0.272 e. The van der Waals surface area contributed by atoms with Gasteiger partial charge in [0.05, 0.1) is 17.2 Å². The van der Waals surface area contributed by atoms with Crippen LogP contribution in [0.3, 0.4) is 0 Å². The summed E-state index contributed by atoms with van der Waals surface area (Å²) in [6, 6.07) is 1.85. The Morgan fingerprint density at radius 3 is 3.00 bits per heavy atom. The molecule has 0 aliphatic carbocycles. The van der Waals surface area contributed by atoms with Crippen LogP contribution in [0.2, 0.25) is 0 Å². The number of aryl methyl sites for hydroxylation is 3. The second-order valence-corrected chi connectivity index (χ2v) is 6.91. The second-order valence-electron chi connectivity index (χ2n) is 6.91. The fraction of sp³-hybridized carbons (Fsp3) is 0.647. The maximum absolute atomic E-state index is 13.1. The fourth-order valence-corrected chi connectivity index (χ4v) is 4.04. The van der Waals surface area contributed by atoms with Crippen LogP contribution < -0.4 is 0 Å². The van der Waals surface area contributed by atoms with Gasteiger partial charge in [0.2, 0.25) is 5.89 Å². The number of rotatable bonds is 3. The van der Waals surface area contributed by atoms with Crippen molar-refractivity contribution >= 4 is 5.91 Å². The maximum Gasteiger partial charge on any atom is 0.272 e. The van der Waals surface area contributed by atoms with Gasteiger partial charge in [0.15, 0.2) is 5.82 Å². The number of carbonyl (C=O) groups excluding carboxylic acids is 1. The topological polar surface area (TPSA) is 86.3 Å². The zero-order valence-corrected chi connectivity index (χ0v) is 14.9. The van der Waals surface area contributed by atoms with Crippen molar-refractivity contribution < 1.29 is 14.1 Å². The maximum atomic E-state index is 13.1. The molecule has 8 heteroatoms. The number of hydrogen-bond donors (Lipinski definition) is 0. The Bertz CT molecular complexity index is 798. The third-order valence-electron chi connectivity index (χ3n) is 5.28. The van der Waals surface area contributed by atoms with Crippen LogP contribution >= 0.6 is 0 Å². The van der Waals surface area contributed by atoms with Crippen molar-refractivity contribution in [1.82, 2.24) is 24.8 Å². The molecule has 2 atom stereocenters. The Balaban J connectivity index is 1.65. The predicted molar refractivity (Wildman–Crippen MR) is 88.2 cm³/mol. The summed E-state index contributed by atoms with van der Waals surface area (Å²) in [6.45, 7) is 8.22. The van der Waals surface area contributed by atoms with Crippen LogP contribution in [0.1, 0.15) is 47.7 Å². The molecule has 4 heterocycles. The molecule has 0 bridgehead atoms. The van der Waals surface area contributed by atoms with Crippen molar-refractivity contribution in [2.45, 2.75) is 51.7 Å². The molecule has 8 nitrogen and oxygen atoms in total. The van der Waals surface area contributed by atoms with Gasteiger partial charge in [-0.2, -0.15) is 10.1 Å². The Hall–Kier alpha value is -2.22. The van der Waals surface area contributed by atoms with Crippen LogP contribution in [-0.4, -0.2) is 56.5 Å². The van der Waals surface area contributed by atoms with Gasteiger partial charge in [0.25, 0.3) is 5.91 Å². The Kier molecular flexibility index (Phi) is 3.87. The molecule has 0 N–H and O–H groups in total. The van der Waals surface area contributed by atoms with Crippen molar-refractivity contribution in [3.05, 3.63) is 29.2 Å². The first kappa shape index (κ1) is 16.3. The minimum atomic E-state index is -0.402. The highest BCUT2D eigenvalue weighted by Gasteiger charge is 2.53. The summed E-state index contributed by atoms with van der Waals surface area (Å²) in [6.07, 6.45) is 1.58. The molecular formula is C17H23N5O3. The summed E-state index contributed by atoms with van der Waals surface area (Å²) in [4.78, 5) is 19.5. The highest BCUT2D eigenvalue weighted by atomic mass is 16.5. The van der Waals surface area contributed by atoms with Crippen molar-refractivity contribution in [3.63, 3.8) is 0 Å². The molecule has 0 unspecified atom stereocenters. The lowest BCUT2D eigenvalue weighted by atomic mass is 9.76. The molecule has 25 heavy (non-hydrogen) atoms. The SMILES string of the molecule is CCn1nc(C)cc1C(=O)N1CC[C@H]2OCC[C@@]2(c2nc(C)no2)C1. The minimum Gasteiger partial charge on any atom is -0.377 e. The van der Waals surface area contributed by atoms with Gasteiger partial charge in [-0.15, -0.1) is 0 Å². The van der Waals surface area contributed by atoms with E-state index in [4.69, 9.17) is 9.26 Å². The molecular weight excluding hydrogens is 322 g/mol. The third kappa shape index (κ3) is 2.55. The molecule has 2 aromatic rings. The first-order valence-electron chi connectivity index (χ1n) is 8.79. The number of hydrogen-bond acceptors (Lipinski definition) is 6. The highest BCUT2D eigenvalue weighted by molar-refractivity contribution is 5.93. The Labute approximate surface area is 146 Å². The molecule has 0 radical (unpaired) electrons. The van der Waals surface area contributed by atoms with Gasteiger partial charge < -0.3 is 14.2 Å². The van der Waals surface area contributed by atoms with Gasteiger partial charge in [0, 0.05) is 26.2 Å². The monoisotopic (exact) mass is 345 g/mol. The van der Waals surface area contributed by atoms with Crippen LogP contribution in [0, 0.1) is 13.8 Å². The minimum absolute atomic E-state index is 0.00316. The molecule has 134 valence electrons. The average molecular weight is 345 g/mol. The fourth-order valence-electron chi connectivity index (χ4n) is 4.04. The molecule has 4 rings (SSSR count). The van der Waals surface area contributed by atoms with E-state index in [1.807, 2.05) is 31.7 Å². The largest absolute Gasteiger partial charge is 0.377 e. The van der Waals surface area contributed by atoms with Crippen LogP contribution in [0.4, 0.5) is 0 Å². The quantitative estimate of drug-likeness (QED) is 0.837. The summed E-state index contributed by atoms with van der Waals surface area (Å²) in [5.74, 6) is 1.20. The van der Waals surface area contributed by atoms with E-state index in [0.717, 1.165) is 18.5 Å². The molecule has 2 aromatic heterocycles. The molecule has 1 amide bonds. The van der Waals surface area contributed by atoms with E-state index in [2.05, 4.69) is 15.2 Å². The molecule has 2 aliphatic rings. The third-order valence-corrected chi connectivity index (χ3v) is 5.28. The highest BCUT2D eigenvalue weighted by Crippen LogP contribution is 2.43. The first-order chi connectivity index (χ1) is 12.0. The van der Waals surface area contributed by atoms with Crippen LogP contribution in [0.25, 0.3) is 0 Å². The molecule has 0 saturated carbocycles. The van der Waals surface area contributed by atoms with Gasteiger partial charge in [-0.25, -0.2) is 0 Å². The summed E-state index contributed by atoms with van der Waals surface area (Å²) < 4.78 is 13.2. The summed E-state index contributed by atoms with van der Waals surface area (Å²) >= 11 is 0. The number of amides is 1. The number of carbonyl (C=O) groups is 1. The van der Waals surface area contributed by atoms with E-state index in [-0.39, 0.29) is 12.0 Å². The zero-order chi connectivity index (χ0) is 17.6. The van der Waals surface area contributed by atoms with E-state index in [1.165, 1.54) is 0 Å². The van der Waals surface area contributed by atoms with Gasteiger partial charge in [0.1, 0.15) is 5.69 Å². The lowest BCUT2D eigenvalue weighted by Gasteiger charge is -2.41. The number of aromatic nitrogens is 4. The Morgan fingerprint density at radius 2 is 2.28 bits per heavy atom. The normalized spacial score (nSPS) is 26.0. The first-order valence-corrected chi connectivity index (χ1v) is 8.79. The summed E-state index contributed by atoms with van der Waals surface area (Å²) in [5.41, 5.74) is 1.09. The van der Waals surface area contributed by atoms with Gasteiger partial charge >= 0.3 is 0 Å². The number of ether oxygens (including phenoxy) is 1. The number of piperidine rings is 1. The molecule has 2 fully saturated rings. The van der Waals surface area contributed by atoms with E-state index < -0.39 is 5.41 Å². The van der Waals surface area contributed by atoms with Crippen LogP contribution in [-0.2, 0) is 16.7 Å². The van der Waals surface area contributed by atoms with Crippen molar-refractivity contribution in [2.75, 3.05) is 19.7 Å². The van der Waals surface area contributed by atoms with Gasteiger partial charge in [-0.05, 0) is 39.7 Å². The lowest BCUT2D eigenvalue weighted by molar-refractivity contribution is 0.00779. The molecule has 2 saturated heterocycles. The van der Waals surface area contributed by atoms with Crippen molar-refractivity contribution in [3.8, 4) is 0 Å². The second kappa shape index (κ2) is 5.94. The standard InChI is InChI=1S/C17H23N5O3/c1-4-22-13(9-11(2)19-22)15(23)21-7-5-14-17(10-21,6-8-24-14)16-18-12(3)20-25-16/h9,14H,4-8,10H2,1-3H3/t14-,17-/m1/s1. The average Bonchev–Trinajstić information content (AvgIpc) is 3.31. The van der Waals surface area contributed by atoms with E-state index >= 15 is 0 Å². The van der Waals surface area contributed by atoms with Crippen molar-refractivity contribution in [2.24, 2.45) is 0 Å². The van der Waals surface area contributed by atoms with Crippen LogP contribution in [0.15, 0.2) is 10.6 Å².